The van der Waals surface area contributed by atoms with Crippen LogP contribution in [0, 0.1) is 5.92 Å². The molecule has 4 heteroatoms. The first-order chi connectivity index (χ1) is 10.2. The van der Waals surface area contributed by atoms with Crippen LogP contribution in [-0.4, -0.2) is 16.6 Å². The molecule has 2 atom stereocenters. The first-order valence-electron chi connectivity index (χ1n) is 7.75. The van der Waals surface area contributed by atoms with Crippen molar-refractivity contribution in [3.8, 4) is 0 Å². The molecular weight excluding hydrogens is 280 g/mol. The van der Waals surface area contributed by atoms with Crippen LogP contribution in [0.15, 0.2) is 24.3 Å². The van der Waals surface area contributed by atoms with E-state index in [9.17, 15) is 5.11 Å². The summed E-state index contributed by atoms with van der Waals surface area (Å²) >= 11 is 1.68. The Bertz CT molecular complexity index is 667. The van der Waals surface area contributed by atoms with Crippen molar-refractivity contribution in [1.82, 2.24) is 4.98 Å². The van der Waals surface area contributed by atoms with Crippen LogP contribution in [0.1, 0.15) is 42.0 Å². The second-order valence-corrected chi connectivity index (χ2v) is 7.27. The van der Waals surface area contributed by atoms with Crippen LogP contribution in [0.25, 0.3) is 0 Å². The van der Waals surface area contributed by atoms with E-state index >= 15 is 0 Å². The summed E-state index contributed by atoms with van der Waals surface area (Å²) in [6, 6.07) is 8.63. The summed E-state index contributed by atoms with van der Waals surface area (Å²) in [4.78, 5) is 8.28. The number of hydrogen-bond donors (Lipinski definition) is 1. The largest absolute Gasteiger partial charge is 0.388 e. The molecule has 0 radical (unpaired) electrons. The molecule has 2 aromatic rings. The fourth-order valence-electron chi connectivity index (χ4n) is 3.48. The van der Waals surface area contributed by atoms with E-state index in [0.717, 1.165) is 47.9 Å². The third kappa shape index (κ3) is 2.27. The fraction of sp³-hybridized carbons (Fsp3) is 0.471. The highest BCUT2D eigenvalue weighted by atomic mass is 32.1. The van der Waals surface area contributed by atoms with Crippen LogP contribution in [-0.2, 0) is 12.8 Å². The minimum atomic E-state index is -0.308. The molecule has 1 aliphatic carbocycles. The van der Waals surface area contributed by atoms with Crippen molar-refractivity contribution in [2.45, 2.75) is 38.7 Å². The maximum atomic E-state index is 10.2. The Morgan fingerprint density at radius 2 is 2.19 bits per heavy atom. The zero-order valence-electron chi connectivity index (χ0n) is 12.2. The lowest BCUT2D eigenvalue weighted by atomic mass is 9.94. The molecule has 4 rings (SSSR count). The van der Waals surface area contributed by atoms with Gasteiger partial charge >= 0.3 is 0 Å². The van der Waals surface area contributed by atoms with Crippen molar-refractivity contribution in [2.75, 3.05) is 11.4 Å². The smallest absolute Gasteiger partial charge is 0.190 e. The molecule has 0 amide bonds. The van der Waals surface area contributed by atoms with E-state index in [4.69, 9.17) is 4.98 Å². The van der Waals surface area contributed by atoms with Crippen LogP contribution >= 0.6 is 11.3 Å². The number of para-hydroxylation sites is 1. The number of aliphatic hydroxyl groups is 1. The molecule has 1 aromatic heterocycles. The topological polar surface area (TPSA) is 36.4 Å². The van der Waals surface area contributed by atoms with Crippen LogP contribution in [0.4, 0.5) is 10.8 Å². The Morgan fingerprint density at radius 1 is 1.33 bits per heavy atom. The van der Waals surface area contributed by atoms with E-state index in [-0.39, 0.29) is 6.10 Å². The fourth-order valence-corrected chi connectivity index (χ4v) is 4.63. The summed E-state index contributed by atoms with van der Waals surface area (Å²) < 4.78 is 0. The molecule has 1 aromatic carbocycles. The molecule has 21 heavy (non-hydrogen) atoms. The average molecular weight is 300 g/mol. The second-order valence-electron chi connectivity index (χ2n) is 6.26. The Kier molecular flexibility index (Phi) is 3.23. The summed E-state index contributed by atoms with van der Waals surface area (Å²) in [5, 5.41) is 11.2. The van der Waals surface area contributed by atoms with E-state index in [0.29, 0.717) is 5.92 Å². The van der Waals surface area contributed by atoms with E-state index in [1.807, 2.05) is 0 Å². The van der Waals surface area contributed by atoms with Gasteiger partial charge in [0.25, 0.3) is 0 Å². The second kappa shape index (κ2) is 5.11. The van der Waals surface area contributed by atoms with Crippen LogP contribution in [0.3, 0.4) is 0 Å². The van der Waals surface area contributed by atoms with Gasteiger partial charge in [-0.05, 0) is 43.2 Å². The SMILES string of the molecule is CC1Cc2ccccc2N(c2nc3c(s2)C(O)CCC3)C1. The number of fused-ring (bicyclic) bond motifs is 2. The maximum Gasteiger partial charge on any atom is 0.190 e. The number of nitrogens with zero attached hydrogens (tertiary/aromatic N) is 2. The number of benzene rings is 1. The van der Waals surface area contributed by atoms with Gasteiger partial charge in [-0.3, -0.25) is 0 Å². The number of aromatic nitrogens is 1. The van der Waals surface area contributed by atoms with Crippen LogP contribution in [0.5, 0.6) is 0 Å². The van der Waals surface area contributed by atoms with E-state index in [1.54, 1.807) is 11.3 Å². The van der Waals surface area contributed by atoms with Crippen molar-refractivity contribution >= 4 is 22.2 Å². The van der Waals surface area contributed by atoms with E-state index in [2.05, 4.69) is 36.1 Å². The van der Waals surface area contributed by atoms with Gasteiger partial charge in [0.15, 0.2) is 5.13 Å². The van der Waals surface area contributed by atoms with Gasteiger partial charge in [-0.15, -0.1) is 0 Å². The molecular formula is C17H20N2OS. The molecule has 110 valence electrons. The predicted molar refractivity (Wildman–Crippen MR) is 86.3 cm³/mol. The number of anilines is 2. The van der Waals surface area contributed by atoms with E-state index < -0.39 is 0 Å². The van der Waals surface area contributed by atoms with Gasteiger partial charge in [0, 0.05) is 12.2 Å². The summed E-state index contributed by atoms with van der Waals surface area (Å²) in [5.74, 6) is 0.630. The Balaban J connectivity index is 1.77. The maximum absolute atomic E-state index is 10.2. The van der Waals surface area contributed by atoms with Gasteiger partial charge in [-0.1, -0.05) is 36.5 Å². The number of rotatable bonds is 1. The lowest BCUT2D eigenvalue weighted by Gasteiger charge is -2.32. The molecule has 0 spiro atoms. The summed E-state index contributed by atoms with van der Waals surface area (Å²) in [6.45, 7) is 3.31. The minimum absolute atomic E-state index is 0.308. The minimum Gasteiger partial charge on any atom is -0.388 e. The Labute approximate surface area is 129 Å². The van der Waals surface area contributed by atoms with Gasteiger partial charge in [-0.2, -0.15) is 0 Å². The van der Waals surface area contributed by atoms with Gasteiger partial charge in [0.2, 0.25) is 0 Å². The lowest BCUT2D eigenvalue weighted by Crippen LogP contribution is -2.30. The van der Waals surface area contributed by atoms with Gasteiger partial charge < -0.3 is 10.0 Å². The van der Waals surface area contributed by atoms with E-state index in [1.165, 1.54) is 11.3 Å². The summed E-state index contributed by atoms with van der Waals surface area (Å²) in [6.07, 6.45) is 3.76. The standard InChI is InChI=1S/C17H20N2OS/c1-11-9-12-5-2-3-7-14(12)19(10-11)17-18-13-6-4-8-15(20)16(13)21-17/h2-3,5,7,11,15,20H,4,6,8-10H2,1H3. The Hall–Kier alpha value is -1.39. The van der Waals surface area contributed by atoms with Gasteiger partial charge in [-0.25, -0.2) is 4.98 Å². The molecule has 1 N–H and O–H groups in total. The summed E-state index contributed by atoms with van der Waals surface area (Å²) in [5.41, 5.74) is 3.81. The Morgan fingerprint density at radius 3 is 3.05 bits per heavy atom. The number of aryl methyl sites for hydroxylation is 1. The molecule has 3 nitrogen and oxygen atoms in total. The van der Waals surface area contributed by atoms with Gasteiger partial charge in [0.1, 0.15) is 0 Å². The molecule has 2 aliphatic rings. The van der Waals surface area contributed by atoms with Crippen molar-refractivity contribution in [3.63, 3.8) is 0 Å². The monoisotopic (exact) mass is 300 g/mol. The first kappa shape index (κ1) is 13.3. The van der Waals surface area contributed by atoms with Crippen molar-refractivity contribution < 1.29 is 5.11 Å². The van der Waals surface area contributed by atoms with Crippen LogP contribution in [0.2, 0.25) is 0 Å². The molecule has 0 saturated heterocycles. The quantitative estimate of drug-likeness (QED) is 0.869. The highest BCUT2D eigenvalue weighted by Crippen LogP contribution is 2.42. The van der Waals surface area contributed by atoms with Gasteiger partial charge in [0.05, 0.1) is 16.7 Å². The van der Waals surface area contributed by atoms with Crippen molar-refractivity contribution in [1.29, 1.82) is 0 Å². The molecule has 2 heterocycles. The third-order valence-electron chi connectivity index (χ3n) is 4.49. The molecule has 0 fully saturated rings. The first-order valence-corrected chi connectivity index (χ1v) is 8.57. The molecule has 1 aliphatic heterocycles. The average Bonchev–Trinajstić information content (AvgIpc) is 2.92. The number of hydrogen-bond acceptors (Lipinski definition) is 4. The summed E-state index contributed by atoms with van der Waals surface area (Å²) in [7, 11) is 0. The number of aliphatic hydroxyl groups excluding tert-OH is 1. The lowest BCUT2D eigenvalue weighted by molar-refractivity contribution is 0.160. The van der Waals surface area contributed by atoms with Crippen molar-refractivity contribution in [2.24, 2.45) is 5.92 Å². The normalized spacial score (nSPS) is 24.6. The van der Waals surface area contributed by atoms with Crippen LogP contribution < -0.4 is 4.90 Å². The zero-order valence-corrected chi connectivity index (χ0v) is 13.1. The molecule has 0 bridgehead atoms. The molecule has 2 unspecified atom stereocenters. The predicted octanol–water partition coefficient (Wildman–Crippen LogP) is 3.84. The highest BCUT2D eigenvalue weighted by molar-refractivity contribution is 7.15. The zero-order chi connectivity index (χ0) is 14.4. The number of thiazole rings is 1. The molecule has 0 saturated carbocycles. The third-order valence-corrected chi connectivity index (χ3v) is 5.71. The highest BCUT2D eigenvalue weighted by Gasteiger charge is 2.28. The van der Waals surface area contributed by atoms with Crippen molar-refractivity contribution in [3.05, 3.63) is 40.4 Å².